The number of hydrogen-bond acceptors (Lipinski definition) is 7. The molecule has 4 aromatic rings. The maximum Gasteiger partial charge on any atom is 0.234 e. The number of aryl methyl sites for hydroxylation is 1. The first-order valence-electron chi connectivity index (χ1n) is 12.0. The van der Waals surface area contributed by atoms with Gasteiger partial charge in [0, 0.05) is 30.1 Å². The average molecular weight is 497 g/mol. The molecule has 0 saturated carbocycles. The predicted octanol–water partition coefficient (Wildman–Crippen LogP) is 3.86. The van der Waals surface area contributed by atoms with Crippen LogP contribution in [0, 0.1) is 16.7 Å². The van der Waals surface area contributed by atoms with Crippen LogP contribution in [0.2, 0.25) is 0 Å². The summed E-state index contributed by atoms with van der Waals surface area (Å²) in [5.41, 5.74) is 8.15. The molecule has 1 fully saturated rings. The van der Waals surface area contributed by atoms with Crippen LogP contribution in [0.1, 0.15) is 32.8 Å². The Bertz CT molecular complexity index is 1680. The minimum Gasteiger partial charge on any atom is -0.454 e. The Morgan fingerprint density at radius 1 is 1.22 bits per heavy atom. The molecule has 6 rings (SSSR count). The van der Waals surface area contributed by atoms with Crippen LogP contribution in [0.5, 0.6) is 11.5 Å². The van der Waals surface area contributed by atoms with Crippen LogP contribution >= 0.6 is 0 Å². The molecule has 186 valence electrons. The van der Waals surface area contributed by atoms with E-state index < -0.39 is 0 Å². The predicted molar refractivity (Wildman–Crippen MR) is 138 cm³/mol. The van der Waals surface area contributed by atoms with Crippen molar-refractivity contribution in [3.05, 3.63) is 48.1 Å². The maximum atomic E-state index is 9.30. The first-order valence-corrected chi connectivity index (χ1v) is 12.0. The van der Waals surface area contributed by atoms with Crippen LogP contribution in [0.3, 0.4) is 0 Å². The van der Waals surface area contributed by atoms with Gasteiger partial charge in [-0.2, -0.15) is 15.2 Å². The Balaban J connectivity index is 1.32. The number of H-pyrrole nitrogens is 1. The van der Waals surface area contributed by atoms with E-state index in [0.717, 1.165) is 24.2 Å². The van der Waals surface area contributed by atoms with E-state index in [9.17, 15) is 5.26 Å². The fraction of sp³-hybridized carbons (Fsp3) is 0.308. The standard InChI is InChI=1S/C26H26N9O2/c1-26(2,3)21-9-22(33-35(21)16-5-6-36-14-16)31-25-32-24-20(34(25)4)8-18(13-30-24)37-17-7-19-15(10-27)11-28-23(19)29-12-17/h7-9,11-13H,5-6,14H2,1-4H3,(H,28,29)(H,30,31,32,33)/q+1/b35-16+. The van der Waals surface area contributed by atoms with E-state index in [-0.39, 0.29) is 5.41 Å². The minimum atomic E-state index is -0.0771. The van der Waals surface area contributed by atoms with Crippen LogP contribution in [0.15, 0.2) is 47.5 Å². The van der Waals surface area contributed by atoms with Gasteiger partial charge in [-0.05, 0) is 6.07 Å². The Morgan fingerprint density at radius 3 is 2.78 bits per heavy atom. The summed E-state index contributed by atoms with van der Waals surface area (Å²) in [6.07, 6.45) is 7.80. The summed E-state index contributed by atoms with van der Waals surface area (Å²) in [7, 11) is 1.90. The zero-order valence-corrected chi connectivity index (χ0v) is 21.0. The molecule has 11 heteroatoms. The lowest BCUT2D eigenvalue weighted by Gasteiger charge is -2.15. The van der Waals surface area contributed by atoms with Gasteiger partial charge in [-0.15, -0.1) is 5.43 Å². The normalized spacial score (nSPS) is 19.0. The van der Waals surface area contributed by atoms with Crippen molar-refractivity contribution in [3.63, 3.8) is 0 Å². The summed E-state index contributed by atoms with van der Waals surface area (Å²) >= 11 is 0. The van der Waals surface area contributed by atoms with Crippen LogP contribution in [0.25, 0.3) is 22.2 Å². The molecule has 6 heterocycles. The van der Waals surface area contributed by atoms with Crippen molar-refractivity contribution in [3.8, 4) is 17.6 Å². The van der Waals surface area contributed by atoms with Crippen LogP contribution in [0.4, 0.5) is 5.95 Å². The monoisotopic (exact) mass is 496 g/mol. The van der Waals surface area contributed by atoms with Crippen LogP contribution < -0.4 is 10.2 Å². The van der Waals surface area contributed by atoms with E-state index >= 15 is 0 Å². The topological polar surface area (TPSA) is 129 Å². The molecule has 0 radical (unpaired) electrons. The zero-order valence-electron chi connectivity index (χ0n) is 21.0. The number of ether oxygens (including phenoxy) is 2. The van der Waals surface area contributed by atoms with Crippen molar-refractivity contribution >= 4 is 39.7 Å². The zero-order chi connectivity index (χ0) is 25.7. The third-order valence-electron chi connectivity index (χ3n) is 6.40. The number of amidine groups is 1. The SMILES string of the molecule is Cn1c(/N=C2C=C(C(C)(C)C)/[N+](=C3/CCOC3)N\2)nc2ncc(Oc3cnc4[nH]cc(C#N)c4c3)cc21. The Hall–Kier alpha value is -4.56. The number of aromatic nitrogens is 5. The van der Waals surface area contributed by atoms with Crippen LogP contribution in [-0.2, 0) is 11.8 Å². The van der Waals surface area contributed by atoms with Gasteiger partial charge in [0.25, 0.3) is 0 Å². The van der Waals surface area contributed by atoms with Gasteiger partial charge in [0.05, 0.1) is 42.6 Å². The number of fused-ring (bicyclic) bond motifs is 2. The number of hydrazone groups is 1. The summed E-state index contributed by atoms with van der Waals surface area (Å²) in [4.78, 5) is 21.2. The molecule has 0 bridgehead atoms. The highest BCUT2D eigenvalue weighted by Crippen LogP contribution is 2.31. The molecular formula is C26H26N9O2+. The number of hydrazine groups is 1. The number of nitrogens with zero attached hydrogens (tertiary/aromatic N) is 7. The Kier molecular flexibility index (Phi) is 5.27. The minimum absolute atomic E-state index is 0.0771. The Labute approximate surface area is 212 Å². The van der Waals surface area contributed by atoms with Gasteiger partial charge in [0.2, 0.25) is 17.4 Å². The smallest absolute Gasteiger partial charge is 0.234 e. The van der Waals surface area contributed by atoms with Gasteiger partial charge < -0.3 is 19.0 Å². The number of nitriles is 1. The van der Waals surface area contributed by atoms with Crippen molar-refractivity contribution in [2.75, 3.05) is 13.2 Å². The second-order valence-corrected chi connectivity index (χ2v) is 10.1. The number of imidazole rings is 1. The van der Waals surface area contributed by atoms with Gasteiger partial charge in [0.15, 0.2) is 11.5 Å². The number of rotatable bonds is 3. The quantitative estimate of drug-likeness (QED) is 0.412. The molecule has 0 amide bonds. The third-order valence-corrected chi connectivity index (χ3v) is 6.40. The third kappa shape index (κ3) is 4.11. The van der Waals surface area contributed by atoms with Crippen LogP contribution in [-0.4, -0.2) is 53.9 Å². The molecule has 0 unspecified atom stereocenters. The lowest BCUT2D eigenvalue weighted by Crippen LogP contribution is -2.35. The van der Waals surface area contributed by atoms with Crippen molar-refractivity contribution in [1.29, 1.82) is 5.26 Å². The van der Waals surface area contributed by atoms with E-state index in [2.05, 4.69) is 63.0 Å². The highest BCUT2D eigenvalue weighted by molar-refractivity contribution is 5.97. The number of hydrogen-bond donors (Lipinski definition) is 2. The summed E-state index contributed by atoms with van der Waals surface area (Å²) in [5.74, 6) is 2.27. The fourth-order valence-electron chi connectivity index (χ4n) is 4.46. The van der Waals surface area contributed by atoms with Crippen molar-refractivity contribution < 1.29 is 14.2 Å². The van der Waals surface area contributed by atoms with E-state index in [1.165, 1.54) is 5.71 Å². The molecule has 2 aliphatic rings. The molecule has 37 heavy (non-hydrogen) atoms. The van der Waals surface area contributed by atoms with Gasteiger partial charge in [-0.25, -0.2) is 9.97 Å². The molecule has 11 nitrogen and oxygen atoms in total. The van der Waals surface area contributed by atoms with Gasteiger partial charge in [-0.1, -0.05) is 25.5 Å². The summed E-state index contributed by atoms with van der Waals surface area (Å²) in [6, 6.07) is 5.80. The molecule has 4 aromatic heterocycles. The first-order chi connectivity index (χ1) is 17.8. The number of aliphatic imine (C=N–C) groups is 1. The number of pyridine rings is 2. The molecule has 0 atom stereocenters. The molecule has 0 aliphatic carbocycles. The van der Waals surface area contributed by atoms with Gasteiger partial charge in [0.1, 0.15) is 29.8 Å². The van der Waals surface area contributed by atoms with Crippen molar-refractivity contribution in [2.24, 2.45) is 17.5 Å². The molecule has 0 spiro atoms. The maximum absolute atomic E-state index is 9.30. The molecule has 1 saturated heterocycles. The Morgan fingerprint density at radius 2 is 2.03 bits per heavy atom. The summed E-state index contributed by atoms with van der Waals surface area (Å²) < 4.78 is 15.6. The molecule has 2 N–H and O–H groups in total. The second kappa shape index (κ2) is 8.53. The highest BCUT2D eigenvalue weighted by Gasteiger charge is 2.38. The van der Waals surface area contributed by atoms with E-state index in [1.807, 2.05) is 17.7 Å². The average Bonchev–Trinajstić information content (AvgIpc) is 3.65. The molecule has 2 aliphatic heterocycles. The van der Waals surface area contributed by atoms with Gasteiger partial charge in [-0.3, -0.25) is 0 Å². The van der Waals surface area contributed by atoms with E-state index in [4.69, 9.17) is 14.5 Å². The summed E-state index contributed by atoms with van der Waals surface area (Å²) in [6.45, 7) is 7.87. The number of aromatic amines is 1. The second-order valence-electron chi connectivity index (χ2n) is 10.1. The van der Waals surface area contributed by atoms with Gasteiger partial charge >= 0.3 is 0 Å². The fourth-order valence-corrected chi connectivity index (χ4v) is 4.46. The molecular weight excluding hydrogens is 470 g/mol. The number of nitrogens with one attached hydrogen (secondary N) is 2. The van der Waals surface area contributed by atoms with Crippen molar-refractivity contribution in [2.45, 2.75) is 27.2 Å². The van der Waals surface area contributed by atoms with E-state index in [0.29, 0.717) is 52.1 Å². The number of allylic oxidation sites excluding steroid dienone is 1. The van der Waals surface area contributed by atoms with Crippen molar-refractivity contribution in [1.82, 2.24) is 29.9 Å². The highest BCUT2D eigenvalue weighted by atomic mass is 16.5. The first kappa shape index (κ1) is 22.9. The summed E-state index contributed by atoms with van der Waals surface area (Å²) in [5, 5.41) is 10.0. The lowest BCUT2D eigenvalue weighted by molar-refractivity contribution is -0.528. The molecule has 0 aromatic carbocycles. The van der Waals surface area contributed by atoms with E-state index in [1.54, 1.807) is 24.7 Å². The lowest BCUT2D eigenvalue weighted by atomic mass is 9.92. The largest absolute Gasteiger partial charge is 0.454 e.